The molecule has 0 saturated carbocycles. The Hall–Kier alpha value is -1.83. The van der Waals surface area contributed by atoms with Gasteiger partial charge in [0.05, 0.1) is 10.5 Å². The number of rotatable bonds is 7. The third-order valence-corrected chi connectivity index (χ3v) is 6.47. The predicted molar refractivity (Wildman–Crippen MR) is 101 cm³/mol. The molecule has 2 aromatic rings. The van der Waals surface area contributed by atoms with Crippen molar-refractivity contribution >= 4 is 27.7 Å². The molecule has 0 fully saturated rings. The van der Waals surface area contributed by atoms with Crippen LogP contribution < -0.4 is 5.32 Å². The Morgan fingerprint density at radius 3 is 2.40 bits per heavy atom. The number of thioether (sulfide) groups is 1. The van der Waals surface area contributed by atoms with Gasteiger partial charge in [-0.15, -0.1) is 11.8 Å². The molecule has 0 bridgehead atoms. The normalized spacial score (nSPS) is 11.5. The van der Waals surface area contributed by atoms with Gasteiger partial charge in [-0.25, -0.2) is 12.7 Å². The first kappa shape index (κ1) is 19.5. The number of hydrogen-bond acceptors (Lipinski definition) is 4. The summed E-state index contributed by atoms with van der Waals surface area (Å²) in [6.07, 6.45) is 0. The summed E-state index contributed by atoms with van der Waals surface area (Å²) in [5.74, 6) is 0.655. The van der Waals surface area contributed by atoms with E-state index in [4.69, 9.17) is 0 Å². The SMILES string of the molecule is CCSc1ccccc1C(=O)NCc1ccccc1S(=O)(=O)N(C)C. The van der Waals surface area contributed by atoms with Gasteiger partial charge < -0.3 is 5.32 Å². The van der Waals surface area contributed by atoms with Crippen molar-refractivity contribution in [2.75, 3.05) is 19.8 Å². The van der Waals surface area contributed by atoms with E-state index in [2.05, 4.69) is 5.32 Å². The molecule has 0 aliphatic heterocycles. The average molecular weight is 379 g/mol. The first-order valence-corrected chi connectivity index (χ1v) is 10.3. The third-order valence-electron chi connectivity index (χ3n) is 3.60. The van der Waals surface area contributed by atoms with Crippen molar-refractivity contribution in [1.82, 2.24) is 9.62 Å². The Morgan fingerprint density at radius 1 is 1.08 bits per heavy atom. The quantitative estimate of drug-likeness (QED) is 0.752. The van der Waals surface area contributed by atoms with Gasteiger partial charge in [0.25, 0.3) is 5.91 Å². The Bertz CT molecular complexity index is 849. The molecular weight excluding hydrogens is 356 g/mol. The molecule has 0 atom stereocenters. The predicted octanol–water partition coefficient (Wildman–Crippen LogP) is 2.98. The first-order valence-electron chi connectivity index (χ1n) is 7.88. The van der Waals surface area contributed by atoms with Crippen molar-refractivity contribution in [3.8, 4) is 0 Å². The zero-order chi connectivity index (χ0) is 18.4. The molecule has 0 spiro atoms. The zero-order valence-electron chi connectivity index (χ0n) is 14.5. The fraction of sp³-hybridized carbons (Fsp3) is 0.278. The van der Waals surface area contributed by atoms with Crippen LogP contribution in [0.15, 0.2) is 58.3 Å². The summed E-state index contributed by atoms with van der Waals surface area (Å²) in [5.41, 5.74) is 1.16. The lowest BCUT2D eigenvalue weighted by Gasteiger charge is -2.16. The van der Waals surface area contributed by atoms with Crippen LogP contribution in [-0.2, 0) is 16.6 Å². The van der Waals surface area contributed by atoms with Crippen molar-refractivity contribution in [3.63, 3.8) is 0 Å². The minimum absolute atomic E-state index is 0.146. The van der Waals surface area contributed by atoms with Crippen molar-refractivity contribution < 1.29 is 13.2 Å². The lowest BCUT2D eigenvalue weighted by molar-refractivity contribution is 0.0947. The summed E-state index contributed by atoms with van der Waals surface area (Å²) in [4.78, 5) is 13.6. The van der Waals surface area contributed by atoms with Gasteiger partial charge in [0.2, 0.25) is 10.0 Å². The fourth-order valence-corrected chi connectivity index (χ4v) is 4.22. The molecule has 0 aromatic heterocycles. The Kier molecular flexibility index (Phi) is 6.64. The van der Waals surface area contributed by atoms with Crippen LogP contribution in [0.3, 0.4) is 0 Å². The number of benzene rings is 2. The van der Waals surface area contributed by atoms with E-state index < -0.39 is 10.0 Å². The molecule has 0 radical (unpaired) electrons. The van der Waals surface area contributed by atoms with Crippen LogP contribution in [0.25, 0.3) is 0 Å². The number of amides is 1. The van der Waals surface area contributed by atoms with Gasteiger partial charge >= 0.3 is 0 Å². The van der Waals surface area contributed by atoms with Crippen LogP contribution in [0.5, 0.6) is 0 Å². The maximum atomic E-state index is 12.5. The van der Waals surface area contributed by atoms with Gasteiger partial charge in [-0.1, -0.05) is 37.3 Å². The second kappa shape index (κ2) is 8.51. The van der Waals surface area contributed by atoms with E-state index in [0.717, 1.165) is 10.6 Å². The number of nitrogens with one attached hydrogen (secondary N) is 1. The summed E-state index contributed by atoms with van der Waals surface area (Å²) >= 11 is 1.60. The molecule has 25 heavy (non-hydrogen) atoms. The van der Waals surface area contributed by atoms with E-state index >= 15 is 0 Å². The van der Waals surface area contributed by atoms with Gasteiger partial charge in [0.15, 0.2) is 0 Å². The Morgan fingerprint density at radius 2 is 1.72 bits per heavy atom. The lowest BCUT2D eigenvalue weighted by atomic mass is 10.2. The van der Waals surface area contributed by atoms with Crippen LogP contribution in [0.4, 0.5) is 0 Å². The summed E-state index contributed by atoms with van der Waals surface area (Å²) < 4.78 is 26.0. The van der Waals surface area contributed by atoms with Crippen LogP contribution >= 0.6 is 11.8 Å². The summed E-state index contributed by atoms with van der Waals surface area (Å²) in [5, 5.41) is 2.83. The van der Waals surface area contributed by atoms with E-state index in [-0.39, 0.29) is 17.3 Å². The number of carbonyl (C=O) groups excluding carboxylic acids is 1. The number of nitrogens with zero attached hydrogens (tertiary/aromatic N) is 1. The van der Waals surface area contributed by atoms with Crippen molar-refractivity contribution in [2.24, 2.45) is 0 Å². The standard InChI is InChI=1S/C18H22N2O3S2/c1-4-24-16-11-7-6-10-15(16)18(21)19-13-14-9-5-8-12-17(14)25(22,23)20(2)3/h5-12H,4,13H2,1-3H3,(H,19,21). The molecule has 0 unspecified atom stereocenters. The van der Waals surface area contributed by atoms with Crippen molar-refractivity contribution in [1.29, 1.82) is 0 Å². The summed E-state index contributed by atoms with van der Waals surface area (Å²) in [7, 11) is -0.581. The second-order valence-electron chi connectivity index (χ2n) is 5.51. The molecular formula is C18H22N2O3S2. The smallest absolute Gasteiger partial charge is 0.252 e. The summed E-state index contributed by atoms with van der Waals surface area (Å²) in [6.45, 7) is 2.18. The van der Waals surface area contributed by atoms with E-state index in [9.17, 15) is 13.2 Å². The molecule has 0 saturated heterocycles. The van der Waals surface area contributed by atoms with Gasteiger partial charge in [-0.2, -0.15) is 0 Å². The van der Waals surface area contributed by atoms with Gasteiger partial charge in [0, 0.05) is 25.5 Å². The molecule has 1 amide bonds. The molecule has 0 aliphatic carbocycles. The van der Waals surface area contributed by atoms with Gasteiger partial charge in [-0.3, -0.25) is 4.79 Å². The van der Waals surface area contributed by atoms with Gasteiger partial charge in [-0.05, 0) is 29.5 Å². The largest absolute Gasteiger partial charge is 0.348 e. The molecule has 7 heteroatoms. The monoisotopic (exact) mass is 378 g/mol. The van der Waals surface area contributed by atoms with Crippen molar-refractivity contribution in [3.05, 3.63) is 59.7 Å². The van der Waals surface area contributed by atoms with E-state index in [1.807, 2.05) is 25.1 Å². The van der Waals surface area contributed by atoms with Crippen LogP contribution in [0.2, 0.25) is 0 Å². The highest BCUT2D eigenvalue weighted by Gasteiger charge is 2.21. The highest BCUT2D eigenvalue weighted by molar-refractivity contribution is 7.99. The maximum Gasteiger partial charge on any atom is 0.252 e. The first-order chi connectivity index (χ1) is 11.9. The number of hydrogen-bond donors (Lipinski definition) is 1. The van der Waals surface area contributed by atoms with Crippen LogP contribution in [-0.4, -0.2) is 38.5 Å². The average Bonchev–Trinajstić information content (AvgIpc) is 2.60. The summed E-state index contributed by atoms with van der Waals surface area (Å²) in [6, 6.07) is 14.1. The Balaban J connectivity index is 2.22. The van der Waals surface area contributed by atoms with E-state index in [1.165, 1.54) is 18.4 Å². The second-order valence-corrected chi connectivity index (χ2v) is 8.93. The Labute approximate surface area is 153 Å². The van der Waals surface area contributed by atoms with Crippen LogP contribution in [0.1, 0.15) is 22.8 Å². The van der Waals surface area contributed by atoms with Gasteiger partial charge in [0.1, 0.15) is 0 Å². The molecule has 0 heterocycles. The van der Waals surface area contributed by atoms with E-state index in [0.29, 0.717) is 11.1 Å². The topological polar surface area (TPSA) is 66.5 Å². The molecule has 0 aliphatic rings. The van der Waals surface area contributed by atoms with Crippen LogP contribution in [0, 0.1) is 0 Å². The number of carbonyl (C=O) groups is 1. The van der Waals surface area contributed by atoms with Crippen molar-refractivity contribution in [2.45, 2.75) is 23.3 Å². The highest BCUT2D eigenvalue weighted by Crippen LogP contribution is 2.23. The fourth-order valence-electron chi connectivity index (χ4n) is 2.30. The molecule has 2 rings (SSSR count). The molecule has 1 N–H and O–H groups in total. The molecule has 5 nitrogen and oxygen atoms in total. The van der Waals surface area contributed by atoms with E-state index in [1.54, 1.807) is 42.1 Å². The molecule has 134 valence electrons. The lowest BCUT2D eigenvalue weighted by Crippen LogP contribution is -2.27. The minimum Gasteiger partial charge on any atom is -0.348 e. The maximum absolute atomic E-state index is 12.5. The third kappa shape index (κ3) is 4.62. The minimum atomic E-state index is -3.56. The molecule has 2 aromatic carbocycles. The number of sulfonamides is 1. The zero-order valence-corrected chi connectivity index (χ0v) is 16.2. The highest BCUT2D eigenvalue weighted by atomic mass is 32.2.